The van der Waals surface area contributed by atoms with Gasteiger partial charge < -0.3 is 15.5 Å². The Morgan fingerprint density at radius 2 is 2.21 bits per heavy atom. The van der Waals surface area contributed by atoms with E-state index in [4.69, 9.17) is 0 Å². The Morgan fingerprint density at radius 3 is 2.84 bits per heavy atom. The summed E-state index contributed by atoms with van der Waals surface area (Å²) >= 11 is 0. The number of likely N-dealkylation sites (N-methyl/N-ethyl adjacent to an activating group) is 1. The second-order valence-corrected chi connectivity index (χ2v) is 5.12. The van der Waals surface area contributed by atoms with Gasteiger partial charge in [-0.2, -0.15) is 0 Å². The number of nitrogens with zero attached hydrogens (tertiary/aromatic N) is 2. The summed E-state index contributed by atoms with van der Waals surface area (Å²) in [5.74, 6) is -0.0912. The van der Waals surface area contributed by atoms with Crippen molar-refractivity contribution in [1.29, 1.82) is 0 Å². The predicted octanol–water partition coefficient (Wildman–Crippen LogP) is -0.735. The minimum atomic E-state index is -0.0916. The maximum atomic E-state index is 12.0. The third kappa shape index (κ3) is 5.57. The average molecular weight is 270 g/mol. The molecule has 6 heteroatoms. The van der Waals surface area contributed by atoms with Crippen molar-refractivity contribution in [1.82, 2.24) is 20.4 Å². The van der Waals surface area contributed by atoms with E-state index in [2.05, 4.69) is 22.5 Å². The van der Waals surface area contributed by atoms with Crippen molar-refractivity contribution in [2.24, 2.45) is 0 Å². The first kappa shape index (κ1) is 15.9. The van der Waals surface area contributed by atoms with Gasteiger partial charge in [0.25, 0.3) is 0 Å². The van der Waals surface area contributed by atoms with Crippen LogP contribution in [0.2, 0.25) is 0 Å². The van der Waals surface area contributed by atoms with Crippen molar-refractivity contribution < 1.29 is 9.59 Å². The van der Waals surface area contributed by atoms with Gasteiger partial charge in [0.05, 0.1) is 13.1 Å². The molecule has 0 radical (unpaired) electrons. The largest absolute Gasteiger partial charge is 0.355 e. The first-order valence-electron chi connectivity index (χ1n) is 7.00. The molecule has 1 atom stereocenters. The van der Waals surface area contributed by atoms with E-state index >= 15 is 0 Å². The molecule has 0 aromatic carbocycles. The first-order valence-corrected chi connectivity index (χ1v) is 7.00. The van der Waals surface area contributed by atoms with Crippen LogP contribution in [0.3, 0.4) is 0 Å². The minimum Gasteiger partial charge on any atom is -0.355 e. The number of piperazine rings is 1. The van der Waals surface area contributed by atoms with Gasteiger partial charge in [0.1, 0.15) is 0 Å². The molecule has 6 nitrogen and oxygen atoms in total. The minimum absolute atomic E-state index is 0.000369. The molecule has 0 aromatic heterocycles. The summed E-state index contributed by atoms with van der Waals surface area (Å²) in [5.41, 5.74) is 0. The van der Waals surface area contributed by atoms with Crippen LogP contribution in [0.4, 0.5) is 0 Å². The molecule has 0 aliphatic carbocycles. The molecular weight excluding hydrogens is 244 g/mol. The molecule has 1 heterocycles. The van der Waals surface area contributed by atoms with Gasteiger partial charge in [-0.3, -0.25) is 14.5 Å². The summed E-state index contributed by atoms with van der Waals surface area (Å²) in [5, 5.41) is 6.07. The molecule has 2 N–H and O–H groups in total. The number of hydrogen-bond donors (Lipinski definition) is 2. The predicted molar refractivity (Wildman–Crippen MR) is 74.8 cm³/mol. The van der Waals surface area contributed by atoms with E-state index in [1.54, 1.807) is 7.05 Å². The van der Waals surface area contributed by atoms with Crippen LogP contribution in [0.5, 0.6) is 0 Å². The molecule has 1 aliphatic rings. The van der Waals surface area contributed by atoms with E-state index in [9.17, 15) is 9.59 Å². The SMILES string of the molecule is CCCNC(=O)CN(C)C(=O)CN1CCNC[C@H]1C. The fourth-order valence-corrected chi connectivity index (χ4v) is 2.04. The molecule has 0 bridgehead atoms. The van der Waals surface area contributed by atoms with Crippen LogP contribution in [-0.4, -0.2) is 74.0 Å². The number of rotatable bonds is 6. The monoisotopic (exact) mass is 270 g/mol. The summed E-state index contributed by atoms with van der Waals surface area (Å²) in [4.78, 5) is 27.2. The van der Waals surface area contributed by atoms with Gasteiger partial charge in [-0.05, 0) is 13.3 Å². The lowest BCUT2D eigenvalue weighted by Gasteiger charge is -2.34. The topological polar surface area (TPSA) is 64.7 Å². The average Bonchev–Trinajstić information content (AvgIpc) is 2.38. The fraction of sp³-hybridized carbons (Fsp3) is 0.846. The van der Waals surface area contributed by atoms with Crippen LogP contribution in [-0.2, 0) is 9.59 Å². The molecule has 0 spiro atoms. The van der Waals surface area contributed by atoms with Crippen LogP contribution in [0, 0.1) is 0 Å². The molecule has 1 rings (SSSR count). The highest BCUT2D eigenvalue weighted by Gasteiger charge is 2.22. The molecule has 1 aliphatic heterocycles. The van der Waals surface area contributed by atoms with Crippen molar-refractivity contribution in [3.8, 4) is 0 Å². The van der Waals surface area contributed by atoms with Crippen molar-refractivity contribution in [3.05, 3.63) is 0 Å². The van der Waals surface area contributed by atoms with E-state index in [1.165, 1.54) is 4.90 Å². The second-order valence-electron chi connectivity index (χ2n) is 5.12. The third-order valence-corrected chi connectivity index (χ3v) is 3.36. The maximum Gasteiger partial charge on any atom is 0.239 e. The molecule has 1 fully saturated rings. The molecule has 1 saturated heterocycles. The summed E-state index contributed by atoms with van der Waals surface area (Å²) in [6.07, 6.45) is 0.904. The highest BCUT2D eigenvalue weighted by molar-refractivity contribution is 5.85. The Hall–Kier alpha value is -1.14. The number of amides is 2. The number of hydrogen-bond acceptors (Lipinski definition) is 4. The third-order valence-electron chi connectivity index (χ3n) is 3.36. The van der Waals surface area contributed by atoms with Crippen LogP contribution in [0.15, 0.2) is 0 Å². The number of carbonyl (C=O) groups is 2. The molecular formula is C13H26N4O2. The van der Waals surface area contributed by atoms with E-state index in [0.717, 1.165) is 26.1 Å². The van der Waals surface area contributed by atoms with E-state index < -0.39 is 0 Å². The zero-order valence-electron chi connectivity index (χ0n) is 12.2. The Morgan fingerprint density at radius 1 is 1.47 bits per heavy atom. The van der Waals surface area contributed by atoms with E-state index in [1.807, 2.05) is 6.92 Å². The summed E-state index contributed by atoms with van der Waals surface area (Å²) in [7, 11) is 1.68. The quantitative estimate of drug-likeness (QED) is 0.667. The lowest BCUT2D eigenvalue weighted by Crippen LogP contribution is -2.53. The molecule has 0 saturated carbocycles. The molecule has 2 amide bonds. The van der Waals surface area contributed by atoms with Crippen molar-refractivity contribution in [2.75, 3.05) is 46.3 Å². The standard InChI is InChI=1S/C13H26N4O2/c1-4-5-15-12(18)9-16(3)13(19)10-17-7-6-14-8-11(17)2/h11,14H,4-10H2,1-3H3,(H,15,18)/t11-/m1/s1. The van der Waals surface area contributed by atoms with Crippen LogP contribution in [0.25, 0.3) is 0 Å². The summed E-state index contributed by atoms with van der Waals surface area (Å²) in [6.45, 7) is 8.00. The van der Waals surface area contributed by atoms with E-state index in [0.29, 0.717) is 19.1 Å². The van der Waals surface area contributed by atoms with Gasteiger partial charge in [0.2, 0.25) is 11.8 Å². The van der Waals surface area contributed by atoms with Gasteiger partial charge in [0.15, 0.2) is 0 Å². The van der Waals surface area contributed by atoms with Crippen molar-refractivity contribution >= 4 is 11.8 Å². The second kappa shape index (κ2) is 8.12. The van der Waals surface area contributed by atoms with Gasteiger partial charge in [-0.1, -0.05) is 6.92 Å². The highest BCUT2D eigenvalue weighted by Crippen LogP contribution is 2.02. The van der Waals surface area contributed by atoms with E-state index in [-0.39, 0.29) is 18.4 Å². The Balaban J connectivity index is 2.33. The lowest BCUT2D eigenvalue weighted by molar-refractivity contribution is -0.136. The zero-order valence-corrected chi connectivity index (χ0v) is 12.2. The van der Waals surface area contributed by atoms with Crippen molar-refractivity contribution in [3.63, 3.8) is 0 Å². The van der Waals surface area contributed by atoms with Crippen LogP contribution >= 0.6 is 0 Å². The first-order chi connectivity index (χ1) is 9.04. The van der Waals surface area contributed by atoms with Gasteiger partial charge in [0, 0.05) is 39.3 Å². The molecule has 0 unspecified atom stereocenters. The normalized spacial score (nSPS) is 20.1. The lowest BCUT2D eigenvalue weighted by atomic mass is 10.2. The molecule has 19 heavy (non-hydrogen) atoms. The Labute approximate surface area is 115 Å². The van der Waals surface area contributed by atoms with Crippen molar-refractivity contribution in [2.45, 2.75) is 26.3 Å². The van der Waals surface area contributed by atoms with Gasteiger partial charge in [-0.25, -0.2) is 0 Å². The van der Waals surface area contributed by atoms with Crippen LogP contribution in [0.1, 0.15) is 20.3 Å². The molecule has 0 aromatic rings. The van der Waals surface area contributed by atoms with Crippen LogP contribution < -0.4 is 10.6 Å². The maximum absolute atomic E-state index is 12.0. The zero-order chi connectivity index (χ0) is 14.3. The summed E-state index contributed by atoms with van der Waals surface area (Å²) in [6, 6.07) is 0.361. The molecule has 110 valence electrons. The fourth-order valence-electron chi connectivity index (χ4n) is 2.04. The Bertz CT molecular complexity index is 309. The number of carbonyl (C=O) groups excluding carboxylic acids is 2. The Kier molecular flexibility index (Phi) is 6.80. The smallest absolute Gasteiger partial charge is 0.239 e. The van der Waals surface area contributed by atoms with Gasteiger partial charge in [-0.15, -0.1) is 0 Å². The van der Waals surface area contributed by atoms with Gasteiger partial charge >= 0.3 is 0 Å². The summed E-state index contributed by atoms with van der Waals surface area (Å²) < 4.78 is 0. The number of nitrogens with one attached hydrogen (secondary N) is 2. The highest BCUT2D eigenvalue weighted by atomic mass is 16.2.